The number of phenols is 1. The van der Waals surface area contributed by atoms with E-state index in [1.54, 1.807) is 12.1 Å². The van der Waals surface area contributed by atoms with Gasteiger partial charge in [0.25, 0.3) is 0 Å². The molecule has 2 aromatic carbocycles. The number of aromatic amines is 1. The van der Waals surface area contributed by atoms with Crippen molar-refractivity contribution in [3.05, 3.63) is 70.0 Å². The van der Waals surface area contributed by atoms with Gasteiger partial charge in [-0.25, -0.2) is 0 Å². The Morgan fingerprint density at radius 2 is 2.00 bits per heavy atom. The average Bonchev–Trinajstić information content (AvgIpc) is 2.71. The molecule has 154 valence electrons. The number of nitrogens with one attached hydrogen (secondary N) is 2. The number of pyridine rings is 1. The van der Waals surface area contributed by atoms with Crippen LogP contribution < -0.4 is 15.6 Å². The van der Waals surface area contributed by atoms with Crippen molar-refractivity contribution in [3.8, 4) is 11.5 Å². The predicted octanol–water partition coefficient (Wildman–Crippen LogP) is 3.28. The standard InChI is InChI=1S/C23H28N2O4/c1-3-11-29-17-6-4-5-16(13-17)12-15(2)24-14-21(27)18-7-9-20(26)23-19(18)8-10-22(28)25-23/h4-10,13,15,21,24,26-27H,3,11-12,14H2,1-2H3,(H,25,28). The van der Waals surface area contributed by atoms with E-state index < -0.39 is 6.10 Å². The van der Waals surface area contributed by atoms with Crippen LogP contribution in [-0.4, -0.2) is 34.4 Å². The zero-order chi connectivity index (χ0) is 20.8. The van der Waals surface area contributed by atoms with E-state index >= 15 is 0 Å². The molecule has 0 aliphatic heterocycles. The number of ether oxygens (including phenoxy) is 1. The number of aromatic hydroxyl groups is 1. The Hall–Kier alpha value is -2.83. The Kier molecular flexibility index (Phi) is 6.90. The first-order valence-corrected chi connectivity index (χ1v) is 9.96. The van der Waals surface area contributed by atoms with Crippen molar-refractivity contribution in [2.24, 2.45) is 0 Å². The molecule has 6 nitrogen and oxygen atoms in total. The van der Waals surface area contributed by atoms with Gasteiger partial charge in [-0.3, -0.25) is 4.79 Å². The van der Waals surface area contributed by atoms with Crippen LogP contribution in [0.4, 0.5) is 0 Å². The molecule has 1 heterocycles. The van der Waals surface area contributed by atoms with Crippen LogP contribution in [0.25, 0.3) is 10.9 Å². The lowest BCUT2D eigenvalue weighted by Crippen LogP contribution is -2.32. The molecular formula is C23H28N2O4. The largest absolute Gasteiger partial charge is 0.506 e. The molecule has 3 rings (SSSR count). The van der Waals surface area contributed by atoms with Gasteiger partial charge in [0.2, 0.25) is 5.56 Å². The van der Waals surface area contributed by atoms with Crippen LogP contribution >= 0.6 is 0 Å². The Bertz CT molecular complexity index is 1020. The molecule has 0 radical (unpaired) electrons. The molecule has 2 unspecified atom stereocenters. The molecule has 0 saturated heterocycles. The lowest BCUT2D eigenvalue weighted by atomic mass is 10.0. The summed E-state index contributed by atoms with van der Waals surface area (Å²) in [6.07, 6.45) is 1.00. The smallest absolute Gasteiger partial charge is 0.248 e. The van der Waals surface area contributed by atoms with Gasteiger partial charge in [0.1, 0.15) is 11.5 Å². The van der Waals surface area contributed by atoms with Gasteiger partial charge < -0.3 is 25.3 Å². The number of fused-ring (bicyclic) bond motifs is 1. The van der Waals surface area contributed by atoms with Crippen molar-refractivity contribution in [1.29, 1.82) is 0 Å². The number of rotatable bonds is 9. The third-order valence-corrected chi connectivity index (χ3v) is 4.84. The second-order valence-corrected chi connectivity index (χ2v) is 7.31. The average molecular weight is 396 g/mol. The quantitative estimate of drug-likeness (QED) is 0.445. The molecule has 29 heavy (non-hydrogen) atoms. The normalized spacial score (nSPS) is 13.3. The van der Waals surface area contributed by atoms with Crippen LogP contribution in [0.5, 0.6) is 11.5 Å². The molecule has 2 atom stereocenters. The summed E-state index contributed by atoms with van der Waals surface area (Å²) in [5.74, 6) is 0.862. The van der Waals surface area contributed by atoms with E-state index in [9.17, 15) is 15.0 Å². The Balaban J connectivity index is 1.64. The molecule has 0 spiro atoms. The van der Waals surface area contributed by atoms with Crippen LogP contribution in [0.1, 0.15) is 37.5 Å². The molecule has 0 bridgehead atoms. The molecule has 1 aromatic heterocycles. The number of H-pyrrole nitrogens is 1. The van der Waals surface area contributed by atoms with Crippen molar-refractivity contribution in [2.75, 3.05) is 13.2 Å². The summed E-state index contributed by atoms with van der Waals surface area (Å²) in [6, 6.07) is 14.4. The van der Waals surface area contributed by atoms with E-state index in [0.29, 0.717) is 29.6 Å². The highest BCUT2D eigenvalue weighted by molar-refractivity contribution is 5.87. The SMILES string of the molecule is CCCOc1cccc(CC(C)NCC(O)c2ccc(O)c3[nH]c(=O)ccc23)c1. The van der Waals surface area contributed by atoms with E-state index in [1.807, 2.05) is 18.2 Å². The van der Waals surface area contributed by atoms with Crippen molar-refractivity contribution in [2.45, 2.75) is 38.8 Å². The zero-order valence-electron chi connectivity index (χ0n) is 16.8. The van der Waals surface area contributed by atoms with Crippen molar-refractivity contribution in [3.63, 3.8) is 0 Å². The minimum atomic E-state index is -0.773. The Morgan fingerprint density at radius 1 is 1.17 bits per heavy atom. The Morgan fingerprint density at radius 3 is 2.79 bits per heavy atom. The number of aromatic nitrogens is 1. The topological polar surface area (TPSA) is 94.6 Å². The number of phenolic OH excluding ortho intramolecular Hbond substituents is 1. The first-order chi connectivity index (χ1) is 14.0. The van der Waals surface area contributed by atoms with Crippen molar-refractivity contribution >= 4 is 10.9 Å². The molecule has 0 amide bonds. The second kappa shape index (κ2) is 9.58. The summed E-state index contributed by atoms with van der Waals surface area (Å²) in [7, 11) is 0. The summed E-state index contributed by atoms with van der Waals surface area (Å²) in [6.45, 7) is 5.20. The number of hydrogen-bond acceptors (Lipinski definition) is 5. The van der Waals surface area contributed by atoms with Crippen LogP contribution in [0.15, 0.2) is 53.3 Å². The van der Waals surface area contributed by atoms with Crippen LogP contribution in [-0.2, 0) is 6.42 Å². The lowest BCUT2D eigenvalue weighted by molar-refractivity contribution is 0.172. The summed E-state index contributed by atoms with van der Waals surface area (Å²) in [5.41, 5.74) is 1.87. The Labute approximate surface area is 170 Å². The van der Waals surface area contributed by atoms with E-state index in [2.05, 4.69) is 30.2 Å². The van der Waals surface area contributed by atoms with Crippen LogP contribution in [0, 0.1) is 0 Å². The van der Waals surface area contributed by atoms with Crippen LogP contribution in [0.3, 0.4) is 0 Å². The van der Waals surface area contributed by atoms with E-state index in [0.717, 1.165) is 18.6 Å². The van der Waals surface area contributed by atoms with Gasteiger partial charge >= 0.3 is 0 Å². The van der Waals surface area contributed by atoms with Crippen LogP contribution in [0.2, 0.25) is 0 Å². The zero-order valence-corrected chi connectivity index (χ0v) is 16.8. The molecule has 4 N–H and O–H groups in total. The number of benzene rings is 2. The van der Waals surface area contributed by atoms with Gasteiger partial charge in [-0.05, 0) is 55.2 Å². The van der Waals surface area contributed by atoms with Gasteiger partial charge in [-0.1, -0.05) is 25.1 Å². The fraction of sp³-hybridized carbons (Fsp3) is 0.348. The summed E-state index contributed by atoms with van der Waals surface area (Å²) in [5, 5.41) is 24.7. The van der Waals surface area contributed by atoms with Crippen molar-refractivity contribution in [1.82, 2.24) is 10.3 Å². The summed E-state index contributed by atoms with van der Waals surface area (Å²) < 4.78 is 5.69. The molecule has 0 fully saturated rings. The molecule has 0 saturated carbocycles. The summed E-state index contributed by atoms with van der Waals surface area (Å²) in [4.78, 5) is 14.2. The summed E-state index contributed by atoms with van der Waals surface area (Å²) >= 11 is 0. The lowest BCUT2D eigenvalue weighted by Gasteiger charge is -2.19. The first-order valence-electron chi connectivity index (χ1n) is 9.96. The van der Waals surface area contributed by atoms with E-state index in [4.69, 9.17) is 4.74 Å². The molecule has 0 aliphatic carbocycles. The van der Waals surface area contributed by atoms with Gasteiger partial charge in [0, 0.05) is 24.0 Å². The third kappa shape index (κ3) is 5.37. The maximum Gasteiger partial charge on any atom is 0.248 e. The first kappa shape index (κ1) is 20.9. The number of aliphatic hydroxyl groups is 1. The molecular weight excluding hydrogens is 368 g/mol. The number of aliphatic hydroxyl groups excluding tert-OH is 1. The fourth-order valence-corrected chi connectivity index (χ4v) is 3.38. The predicted molar refractivity (Wildman–Crippen MR) is 115 cm³/mol. The monoisotopic (exact) mass is 396 g/mol. The molecule has 3 aromatic rings. The third-order valence-electron chi connectivity index (χ3n) is 4.84. The van der Waals surface area contributed by atoms with Gasteiger partial charge in [-0.2, -0.15) is 0 Å². The minimum absolute atomic E-state index is 0.0137. The maximum absolute atomic E-state index is 11.5. The van der Waals surface area contributed by atoms with E-state index in [1.165, 1.54) is 17.7 Å². The highest BCUT2D eigenvalue weighted by Crippen LogP contribution is 2.28. The molecule has 6 heteroatoms. The van der Waals surface area contributed by atoms with Gasteiger partial charge in [0.05, 0.1) is 18.2 Å². The maximum atomic E-state index is 11.5. The minimum Gasteiger partial charge on any atom is -0.506 e. The highest BCUT2D eigenvalue weighted by Gasteiger charge is 2.15. The second-order valence-electron chi connectivity index (χ2n) is 7.31. The van der Waals surface area contributed by atoms with Crippen molar-refractivity contribution < 1.29 is 14.9 Å². The fourth-order valence-electron chi connectivity index (χ4n) is 3.38. The highest BCUT2D eigenvalue weighted by atomic mass is 16.5. The number of hydrogen-bond donors (Lipinski definition) is 4. The molecule has 0 aliphatic rings. The van der Waals surface area contributed by atoms with E-state index in [-0.39, 0.29) is 17.4 Å². The van der Waals surface area contributed by atoms with Gasteiger partial charge in [-0.15, -0.1) is 0 Å². The van der Waals surface area contributed by atoms with Gasteiger partial charge in [0.15, 0.2) is 0 Å².